The molecule has 128 valence electrons. The normalized spacial score (nSPS) is 10.5. The Hall–Kier alpha value is -3.28. The van der Waals surface area contributed by atoms with E-state index in [2.05, 4.69) is 10.9 Å². The van der Waals surface area contributed by atoms with Crippen molar-refractivity contribution in [3.8, 4) is 0 Å². The maximum absolute atomic E-state index is 12.4. The summed E-state index contributed by atoms with van der Waals surface area (Å²) in [5.74, 6) is 0.360. The lowest BCUT2D eigenvalue weighted by Crippen LogP contribution is -2.42. The van der Waals surface area contributed by atoms with Crippen LogP contribution in [0.1, 0.15) is 37.9 Å². The monoisotopic (exact) mass is 337 g/mol. The summed E-state index contributed by atoms with van der Waals surface area (Å²) >= 11 is 0. The van der Waals surface area contributed by atoms with E-state index in [-0.39, 0.29) is 5.91 Å². The Bertz CT molecular complexity index is 894. The minimum Gasteiger partial charge on any atom is -0.466 e. The largest absolute Gasteiger partial charge is 0.466 e. The van der Waals surface area contributed by atoms with Crippen molar-refractivity contribution in [2.75, 3.05) is 0 Å². The van der Waals surface area contributed by atoms with Crippen LogP contribution in [0.25, 0.3) is 0 Å². The lowest BCUT2D eigenvalue weighted by atomic mass is 10.2. The van der Waals surface area contributed by atoms with Crippen molar-refractivity contribution in [1.29, 1.82) is 0 Å². The molecule has 2 N–H and O–H groups in total. The lowest BCUT2D eigenvalue weighted by molar-refractivity contribution is 0.0840. The molecule has 3 rings (SSSR count). The van der Waals surface area contributed by atoms with E-state index in [1.165, 1.54) is 0 Å². The topological polar surface area (TPSA) is 76.3 Å². The van der Waals surface area contributed by atoms with Gasteiger partial charge in [-0.3, -0.25) is 20.4 Å². The number of nitrogens with zero attached hydrogens (tertiary/aromatic N) is 1. The van der Waals surface area contributed by atoms with E-state index in [0.29, 0.717) is 29.3 Å². The van der Waals surface area contributed by atoms with Crippen LogP contribution in [0.3, 0.4) is 0 Å². The zero-order valence-electron chi connectivity index (χ0n) is 14.1. The molecule has 3 aromatic rings. The molecule has 0 saturated carbocycles. The van der Waals surface area contributed by atoms with Crippen LogP contribution in [-0.4, -0.2) is 16.4 Å². The molecule has 2 amide bonds. The maximum Gasteiger partial charge on any atom is 0.286 e. The minimum atomic E-state index is -0.413. The second-order valence-corrected chi connectivity index (χ2v) is 5.74. The number of rotatable bonds is 4. The van der Waals surface area contributed by atoms with Crippen molar-refractivity contribution < 1.29 is 14.0 Å². The third-order valence-corrected chi connectivity index (χ3v) is 3.83. The minimum absolute atomic E-state index is 0.382. The van der Waals surface area contributed by atoms with Gasteiger partial charge in [-0.15, -0.1) is 0 Å². The average Bonchev–Trinajstić information content (AvgIpc) is 3.19. The Kier molecular flexibility index (Phi) is 4.70. The molecule has 0 saturated heterocycles. The molecule has 2 aromatic heterocycles. The maximum atomic E-state index is 12.4. The predicted molar refractivity (Wildman–Crippen MR) is 93.1 cm³/mol. The Labute approximate surface area is 145 Å². The first-order chi connectivity index (χ1) is 12.0. The SMILES string of the molecule is Cc1cc(C(=O)NNC(=O)c2cccn2Cc2ccccc2)c(C)o1. The zero-order chi connectivity index (χ0) is 17.8. The zero-order valence-corrected chi connectivity index (χ0v) is 14.1. The van der Waals surface area contributed by atoms with E-state index in [1.54, 1.807) is 32.0 Å². The highest BCUT2D eigenvalue weighted by molar-refractivity contribution is 5.99. The summed E-state index contributed by atoms with van der Waals surface area (Å²) in [5.41, 5.74) is 6.81. The fourth-order valence-electron chi connectivity index (χ4n) is 2.64. The van der Waals surface area contributed by atoms with Crippen LogP contribution in [0.4, 0.5) is 0 Å². The van der Waals surface area contributed by atoms with Crippen LogP contribution in [0.15, 0.2) is 59.1 Å². The number of furan rings is 1. The van der Waals surface area contributed by atoms with E-state index in [4.69, 9.17) is 4.42 Å². The first kappa shape index (κ1) is 16.6. The number of carbonyl (C=O) groups excluding carboxylic acids is 2. The van der Waals surface area contributed by atoms with Crippen molar-refractivity contribution in [2.24, 2.45) is 0 Å². The predicted octanol–water partition coefficient (Wildman–Crippen LogP) is 2.82. The van der Waals surface area contributed by atoms with Crippen molar-refractivity contribution >= 4 is 11.8 Å². The van der Waals surface area contributed by atoms with E-state index < -0.39 is 5.91 Å². The fourth-order valence-corrected chi connectivity index (χ4v) is 2.64. The quantitative estimate of drug-likeness (QED) is 0.719. The first-order valence-corrected chi connectivity index (χ1v) is 7.91. The van der Waals surface area contributed by atoms with Crippen LogP contribution in [-0.2, 0) is 6.54 Å². The van der Waals surface area contributed by atoms with E-state index in [9.17, 15) is 9.59 Å². The van der Waals surface area contributed by atoms with Crippen molar-refractivity contribution in [1.82, 2.24) is 15.4 Å². The molecule has 0 atom stereocenters. The molecule has 6 nitrogen and oxygen atoms in total. The second-order valence-electron chi connectivity index (χ2n) is 5.74. The molecule has 0 fully saturated rings. The molecule has 0 unspecified atom stereocenters. The summed E-state index contributed by atoms with van der Waals surface area (Å²) in [7, 11) is 0. The second kappa shape index (κ2) is 7.09. The molecule has 25 heavy (non-hydrogen) atoms. The van der Waals surface area contributed by atoms with E-state index in [1.807, 2.05) is 41.1 Å². The van der Waals surface area contributed by atoms with E-state index >= 15 is 0 Å². The third kappa shape index (κ3) is 3.80. The summed E-state index contributed by atoms with van der Waals surface area (Å²) in [5, 5.41) is 0. The van der Waals surface area contributed by atoms with Gasteiger partial charge < -0.3 is 8.98 Å². The molecule has 0 spiro atoms. The van der Waals surface area contributed by atoms with Crippen molar-refractivity contribution in [3.63, 3.8) is 0 Å². The Morgan fingerprint density at radius 2 is 1.72 bits per heavy atom. The standard InChI is InChI=1S/C19H19N3O3/c1-13-11-16(14(2)25-13)18(23)20-21-19(24)17-9-6-10-22(17)12-15-7-4-3-5-8-15/h3-11H,12H2,1-2H3,(H,20,23)(H,21,24). The molecule has 1 aromatic carbocycles. The molecule has 0 aliphatic rings. The number of amides is 2. The van der Waals surface area contributed by atoms with Gasteiger partial charge in [0.1, 0.15) is 17.2 Å². The molecule has 0 bridgehead atoms. The van der Waals surface area contributed by atoms with Crippen LogP contribution < -0.4 is 10.9 Å². The van der Waals surface area contributed by atoms with Crippen molar-refractivity contribution in [2.45, 2.75) is 20.4 Å². The Morgan fingerprint density at radius 1 is 1.00 bits per heavy atom. The summed E-state index contributed by atoms with van der Waals surface area (Å²) in [6, 6.07) is 15.0. The summed E-state index contributed by atoms with van der Waals surface area (Å²) in [4.78, 5) is 24.5. The third-order valence-electron chi connectivity index (χ3n) is 3.83. The molecule has 6 heteroatoms. The number of hydrazine groups is 1. The van der Waals surface area contributed by atoms with Gasteiger partial charge in [0.15, 0.2) is 0 Å². The smallest absolute Gasteiger partial charge is 0.286 e. The van der Waals surface area contributed by atoms with Crippen molar-refractivity contribution in [3.05, 3.63) is 83.1 Å². The molecule has 0 radical (unpaired) electrons. The van der Waals surface area contributed by atoms with Crippen LogP contribution >= 0.6 is 0 Å². The summed E-state index contributed by atoms with van der Waals surface area (Å²) in [6.45, 7) is 4.04. The summed E-state index contributed by atoms with van der Waals surface area (Å²) < 4.78 is 7.15. The number of benzene rings is 1. The Balaban J connectivity index is 1.65. The van der Waals surface area contributed by atoms with Crippen LogP contribution in [0.2, 0.25) is 0 Å². The van der Waals surface area contributed by atoms with Gasteiger partial charge in [-0.1, -0.05) is 30.3 Å². The number of carbonyl (C=O) groups is 2. The van der Waals surface area contributed by atoms with Gasteiger partial charge in [0, 0.05) is 12.7 Å². The van der Waals surface area contributed by atoms with Gasteiger partial charge in [0.2, 0.25) is 0 Å². The molecular weight excluding hydrogens is 318 g/mol. The lowest BCUT2D eigenvalue weighted by Gasteiger charge is -2.10. The van der Waals surface area contributed by atoms with Crippen LogP contribution in [0.5, 0.6) is 0 Å². The first-order valence-electron chi connectivity index (χ1n) is 7.91. The highest BCUT2D eigenvalue weighted by Crippen LogP contribution is 2.13. The number of aromatic nitrogens is 1. The fraction of sp³-hybridized carbons (Fsp3) is 0.158. The average molecular weight is 337 g/mol. The van der Waals surface area contributed by atoms with Gasteiger partial charge in [-0.05, 0) is 37.6 Å². The van der Waals surface area contributed by atoms with E-state index in [0.717, 1.165) is 5.56 Å². The Morgan fingerprint density at radius 3 is 2.40 bits per heavy atom. The number of hydrogen-bond donors (Lipinski definition) is 2. The van der Waals surface area contributed by atoms with Crippen LogP contribution in [0, 0.1) is 13.8 Å². The number of aryl methyl sites for hydroxylation is 2. The molecule has 0 aliphatic heterocycles. The summed E-state index contributed by atoms with van der Waals surface area (Å²) in [6.07, 6.45) is 1.83. The van der Waals surface area contributed by atoms with Gasteiger partial charge >= 0.3 is 0 Å². The number of nitrogens with one attached hydrogen (secondary N) is 2. The number of hydrogen-bond acceptors (Lipinski definition) is 3. The highest BCUT2D eigenvalue weighted by atomic mass is 16.3. The highest BCUT2D eigenvalue weighted by Gasteiger charge is 2.16. The molecular formula is C19H19N3O3. The van der Waals surface area contributed by atoms with Gasteiger partial charge in [-0.2, -0.15) is 0 Å². The van der Waals surface area contributed by atoms with Gasteiger partial charge in [0.05, 0.1) is 5.56 Å². The van der Waals surface area contributed by atoms with Gasteiger partial charge in [-0.25, -0.2) is 0 Å². The molecule has 2 heterocycles. The van der Waals surface area contributed by atoms with Gasteiger partial charge in [0.25, 0.3) is 11.8 Å². The molecule has 0 aliphatic carbocycles.